The Bertz CT molecular complexity index is 919. The van der Waals surface area contributed by atoms with Crippen molar-refractivity contribution in [3.8, 4) is 0 Å². The zero-order chi connectivity index (χ0) is 21.5. The maximum Gasteiger partial charge on any atom is 0.241 e. The van der Waals surface area contributed by atoms with Gasteiger partial charge in [-0.05, 0) is 48.3 Å². The zero-order valence-electron chi connectivity index (χ0n) is 16.8. The first-order chi connectivity index (χ1) is 13.7. The van der Waals surface area contributed by atoms with Gasteiger partial charge in [-0.3, -0.25) is 4.79 Å². The van der Waals surface area contributed by atoms with Crippen molar-refractivity contribution in [1.82, 2.24) is 10.0 Å². The smallest absolute Gasteiger partial charge is 0.241 e. The van der Waals surface area contributed by atoms with Crippen LogP contribution >= 0.6 is 23.4 Å². The Morgan fingerprint density at radius 1 is 1.14 bits per heavy atom. The van der Waals surface area contributed by atoms with Gasteiger partial charge in [-0.1, -0.05) is 55.8 Å². The minimum atomic E-state index is -3.78. The van der Waals surface area contributed by atoms with E-state index in [2.05, 4.69) is 10.0 Å². The Labute approximate surface area is 182 Å². The van der Waals surface area contributed by atoms with Crippen molar-refractivity contribution in [2.45, 2.75) is 36.6 Å². The molecule has 0 fully saturated rings. The van der Waals surface area contributed by atoms with Crippen LogP contribution in [0.4, 0.5) is 0 Å². The van der Waals surface area contributed by atoms with Crippen molar-refractivity contribution in [2.75, 3.05) is 18.6 Å². The third-order valence-electron chi connectivity index (χ3n) is 4.59. The first-order valence-electron chi connectivity index (χ1n) is 9.26. The zero-order valence-corrected chi connectivity index (χ0v) is 19.2. The fourth-order valence-electron chi connectivity index (χ4n) is 2.78. The average Bonchev–Trinajstić information content (AvgIpc) is 2.70. The van der Waals surface area contributed by atoms with Crippen molar-refractivity contribution in [2.24, 2.45) is 0 Å². The van der Waals surface area contributed by atoms with Crippen molar-refractivity contribution in [1.29, 1.82) is 0 Å². The van der Waals surface area contributed by atoms with Crippen LogP contribution in [0.15, 0.2) is 59.5 Å². The Balaban J connectivity index is 2.10. The van der Waals surface area contributed by atoms with E-state index in [1.165, 1.54) is 12.1 Å². The summed E-state index contributed by atoms with van der Waals surface area (Å²) in [6, 6.07) is 14.7. The molecule has 1 atom stereocenters. The minimum Gasteiger partial charge on any atom is -0.354 e. The highest BCUT2D eigenvalue weighted by molar-refractivity contribution is 7.98. The van der Waals surface area contributed by atoms with E-state index in [0.29, 0.717) is 23.7 Å². The second kappa shape index (κ2) is 10.5. The maximum atomic E-state index is 12.8. The van der Waals surface area contributed by atoms with Gasteiger partial charge in [0.25, 0.3) is 0 Å². The molecule has 0 aliphatic carbocycles. The topological polar surface area (TPSA) is 75.3 Å². The van der Waals surface area contributed by atoms with Crippen molar-refractivity contribution >= 4 is 39.3 Å². The van der Waals surface area contributed by atoms with E-state index in [1.807, 2.05) is 38.3 Å². The molecule has 0 radical (unpaired) electrons. The molecule has 0 aliphatic heterocycles. The van der Waals surface area contributed by atoms with Gasteiger partial charge in [0.1, 0.15) is 6.04 Å². The Kier molecular flexibility index (Phi) is 8.58. The number of hydrogen-bond acceptors (Lipinski definition) is 4. The second-order valence-electron chi connectivity index (χ2n) is 7.38. The normalized spacial score (nSPS) is 13.1. The molecular weight excluding hydrogens is 428 g/mol. The van der Waals surface area contributed by atoms with E-state index in [1.54, 1.807) is 36.0 Å². The number of benzene rings is 2. The van der Waals surface area contributed by atoms with Gasteiger partial charge in [0.15, 0.2) is 0 Å². The SMILES string of the molecule is CSCCC(NS(=O)(=O)c1ccccc1)C(=O)NCC(C)(C)c1cccc(Cl)c1. The van der Waals surface area contributed by atoms with Crippen LogP contribution in [0.25, 0.3) is 0 Å². The first kappa shape index (κ1) is 23.7. The number of rotatable bonds is 10. The molecule has 0 heterocycles. The Hall–Kier alpha value is -1.54. The molecule has 5 nitrogen and oxygen atoms in total. The molecule has 158 valence electrons. The summed E-state index contributed by atoms with van der Waals surface area (Å²) in [5, 5.41) is 3.54. The highest BCUT2D eigenvalue weighted by Gasteiger charge is 2.28. The molecular formula is C21H27ClN2O3S2. The highest BCUT2D eigenvalue weighted by atomic mass is 35.5. The molecule has 8 heteroatoms. The maximum absolute atomic E-state index is 12.8. The van der Waals surface area contributed by atoms with Crippen molar-refractivity contribution < 1.29 is 13.2 Å². The molecule has 0 bridgehead atoms. The van der Waals surface area contributed by atoms with Crippen LogP contribution in [-0.4, -0.2) is 38.9 Å². The van der Waals surface area contributed by atoms with E-state index < -0.39 is 16.1 Å². The van der Waals surface area contributed by atoms with Crippen molar-refractivity contribution in [3.63, 3.8) is 0 Å². The van der Waals surface area contributed by atoms with E-state index in [0.717, 1.165) is 5.56 Å². The van der Waals surface area contributed by atoms with Crippen LogP contribution in [0.3, 0.4) is 0 Å². The van der Waals surface area contributed by atoms with E-state index in [4.69, 9.17) is 11.6 Å². The molecule has 2 rings (SSSR count). The summed E-state index contributed by atoms with van der Waals surface area (Å²) in [6.07, 6.45) is 2.32. The van der Waals surface area contributed by atoms with Gasteiger partial charge in [-0.15, -0.1) is 0 Å². The summed E-state index contributed by atoms with van der Waals surface area (Å²) in [7, 11) is -3.78. The van der Waals surface area contributed by atoms with Gasteiger partial charge in [-0.2, -0.15) is 16.5 Å². The number of carbonyl (C=O) groups excluding carboxylic acids is 1. The van der Waals surface area contributed by atoms with Gasteiger partial charge in [0.2, 0.25) is 15.9 Å². The number of thioether (sulfide) groups is 1. The molecule has 1 amide bonds. The summed E-state index contributed by atoms with van der Waals surface area (Å²) in [6.45, 7) is 4.36. The molecule has 2 aromatic rings. The number of carbonyl (C=O) groups is 1. The minimum absolute atomic E-state index is 0.140. The van der Waals surface area contributed by atoms with Crippen LogP contribution in [0.5, 0.6) is 0 Å². The predicted molar refractivity (Wildman–Crippen MR) is 121 cm³/mol. The summed E-state index contributed by atoms with van der Waals surface area (Å²) in [4.78, 5) is 13.0. The second-order valence-corrected chi connectivity index (χ2v) is 10.5. The molecule has 0 saturated heterocycles. The molecule has 0 aliphatic rings. The number of amides is 1. The lowest BCUT2D eigenvalue weighted by atomic mass is 9.84. The number of nitrogens with one attached hydrogen (secondary N) is 2. The summed E-state index contributed by atoms with van der Waals surface area (Å²) in [5.74, 6) is 0.321. The van der Waals surface area contributed by atoms with Gasteiger partial charge in [0, 0.05) is 17.0 Å². The number of hydrogen-bond donors (Lipinski definition) is 2. The first-order valence-corrected chi connectivity index (χ1v) is 12.5. The van der Waals surface area contributed by atoms with Crippen LogP contribution in [0.1, 0.15) is 25.8 Å². The molecule has 2 aromatic carbocycles. The standard InChI is InChI=1S/C21H27ClN2O3S2/c1-21(2,16-8-7-9-17(22)14-16)15-23-20(25)19(12-13-28-3)24-29(26,27)18-10-5-4-6-11-18/h4-11,14,19,24H,12-13,15H2,1-3H3,(H,23,25). The third-order valence-corrected chi connectivity index (χ3v) is 6.96. The summed E-state index contributed by atoms with van der Waals surface area (Å²) in [5.41, 5.74) is 0.638. The van der Waals surface area contributed by atoms with Crippen LogP contribution < -0.4 is 10.0 Å². The molecule has 2 N–H and O–H groups in total. The van der Waals surface area contributed by atoms with Gasteiger partial charge in [0.05, 0.1) is 4.90 Å². The van der Waals surface area contributed by atoms with Crippen LogP contribution in [0.2, 0.25) is 5.02 Å². The fraction of sp³-hybridized carbons (Fsp3) is 0.381. The largest absolute Gasteiger partial charge is 0.354 e. The fourth-order valence-corrected chi connectivity index (χ4v) is 4.69. The Morgan fingerprint density at radius 3 is 2.45 bits per heavy atom. The Morgan fingerprint density at radius 2 is 1.83 bits per heavy atom. The van der Waals surface area contributed by atoms with Gasteiger partial charge >= 0.3 is 0 Å². The third kappa shape index (κ3) is 7.03. The van der Waals surface area contributed by atoms with Crippen molar-refractivity contribution in [3.05, 3.63) is 65.2 Å². The number of sulfonamides is 1. The molecule has 29 heavy (non-hydrogen) atoms. The highest BCUT2D eigenvalue weighted by Crippen LogP contribution is 2.25. The quantitative estimate of drug-likeness (QED) is 0.572. The van der Waals surface area contributed by atoms with E-state index >= 15 is 0 Å². The van der Waals surface area contributed by atoms with Crippen LogP contribution in [0, 0.1) is 0 Å². The van der Waals surface area contributed by atoms with Crippen LogP contribution in [-0.2, 0) is 20.2 Å². The monoisotopic (exact) mass is 454 g/mol. The lowest BCUT2D eigenvalue weighted by molar-refractivity contribution is -0.123. The van der Waals surface area contributed by atoms with Gasteiger partial charge in [-0.25, -0.2) is 8.42 Å². The molecule has 0 aromatic heterocycles. The average molecular weight is 455 g/mol. The summed E-state index contributed by atoms with van der Waals surface area (Å²) < 4.78 is 27.9. The number of halogens is 1. The lowest BCUT2D eigenvalue weighted by Gasteiger charge is -2.27. The molecule has 0 saturated carbocycles. The van der Waals surface area contributed by atoms with E-state index in [-0.39, 0.29) is 16.2 Å². The molecule has 0 spiro atoms. The predicted octanol–water partition coefficient (Wildman–Crippen LogP) is 3.83. The van der Waals surface area contributed by atoms with E-state index in [9.17, 15) is 13.2 Å². The van der Waals surface area contributed by atoms with Gasteiger partial charge < -0.3 is 5.32 Å². The summed E-state index contributed by atoms with van der Waals surface area (Å²) >= 11 is 7.65. The molecule has 1 unspecified atom stereocenters. The lowest BCUT2D eigenvalue weighted by Crippen LogP contribution is -2.49.